The molecule has 0 spiro atoms. The number of anilines is 3. The average molecular weight is 574 g/mol. The second-order valence-electron chi connectivity index (χ2n) is 12.0. The molecular formula is C44H31N. The Morgan fingerprint density at radius 1 is 0.378 bits per heavy atom. The molecule has 0 unspecified atom stereocenters. The highest BCUT2D eigenvalue weighted by molar-refractivity contribution is 6.20. The van der Waals surface area contributed by atoms with E-state index in [2.05, 4.69) is 169 Å². The molecule has 0 bridgehead atoms. The summed E-state index contributed by atoms with van der Waals surface area (Å²) >= 11 is 0. The van der Waals surface area contributed by atoms with Crippen LogP contribution in [0.25, 0.3) is 66.4 Å². The van der Waals surface area contributed by atoms with Crippen LogP contribution in [0.4, 0.5) is 17.1 Å². The van der Waals surface area contributed by atoms with Crippen LogP contribution in [0.15, 0.2) is 152 Å². The summed E-state index contributed by atoms with van der Waals surface area (Å²) in [6, 6.07) is 55.5. The second-order valence-corrected chi connectivity index (χ2v) is 12.0. The predicted octanol–water partition coefficient (Wildman–Crippen LogP) is 10.8. The van der Waals surface area contributed by atoms with E-state index in [1.165, 1.54) is 70.3 Å². The van der Waals surface area contributed by atoms with E-state index >= 15 is 0 Å². The van der Waals surface area contributed by atoms with Crippen LogP contribution >= 0.6 is 0 Å². The van der Waals surface area contributed by atoms with Gasteiger partial charge >= 0.3 is 0 Å². The molecule has 1 aliphatic carbocycles. The summed E-state index contributed by atoms with van der Waals surface area (Å²) in [5.74, 6) is 0. The third-order valence-electron chi connectivity index (χ3n) is 9.38. The lowest BCUT2D eigenvalue weighted by atomic mass is 9.86. The predicted molar refractivity (Wildman–Crippen MR) is 194 cm³/mol. The zero-order chi connectivity index (χ0) is 29.7. The lowest BCUT2D eigenvalue weighted by Gasteiger charge is -2.29. The number of rotatable bonds is 4. The molecule has 0 saturated carbocycles. The number of nitrogens with zero attached hydrogens (tertiary/aromatic N) is 1. The van der Waals surface area contributed by atoms with Crippen molar-refractivity contribution in [2.24, 2.45) is 0 Å². The van der Waals surface area contributed by atoms with Crippen LogP contribution in [0.3, 0.4) is 0 Å². The summed E-state index contributed by atoms with van der Waals surface area (Å²) in [4.78, 5) is 2.45. The molecule has 0 amide bonds. The van der Waals surface area contributed by atoms with Gasteiger partial charge in [0.05, 0.1) is 5.69 Å². The lowest BCUT2D eigenvalue weighted by Crippen LogP contribution is -2.34. The van der Waals surface area contributed by atoms with Crippen LogP contribution in [-0.2, 0) is 0 Å². The highest BCUT2D eigenvalue weighted by Gasteiger charge is 2.22. The van der Waals surface area contributed by atoms with Gasteiger partial charge in [0.1, 0.15) is 0 Å². The smallest absolute Gasteiger partial charge is 0.0615 e. The Morgan fingerprint density at radius 3 is 1.56 bits per heavy atom. The van der Waals surface area contributed by atoms with Gasteiger partial charge in [0.15, 0.2) is 0 Å². The Balaban J connectivity index is 1.46. The van der Waals surface area contributed by atoms with Gasteiger partial charge in [-0.25, -0.2) is 0 Å². The van der Waals surface area contributed by atoms with Gasteiger partial charge < -0.3 is 4.90 Å². The number of hydrogen-bond donors (Lipinski definition) is 0. The Hall–Kier alpha value is -5.66. The van der Waals surface area contributed by atoms with E-state index in [-0.39, 0.29) is 0 Å². The summed E-state index contributed by atoms with van der Waals surface area (Å²) < 4.78 is 0. The fraction of sp³-hybridized carbons (Fsp3) is 0.0455. The molecule has 0 N–H and O–H groups in total. The van der Waals surface area contributed by atoms with Gasteiger partial charge in [-0.2, -0.15) is 0 Å². The van der Waals surface area contributed by atoms with Crippen LogP contribution in [0.1, 0.15) is 12.8 Å². The maximum atomic E-state index is 2.48. The first kappa shape index (κ1) is 25.8. The molecular weight excluding hydrogens is 542 g/mol. The van der Waals surface area contributed by atoms with Crippen LogP contribution in [0.5, 0.6) is 0 Å². The Labute approximate surface area is 262 Å². The SMILES string of the molecule is C1=c2c(-c3cc4ccccc4c4cc5ccccc5cc34)c3ccccc3c(N(c3ccccc3)c3ccccc3)c2=CCC1. The van der Waals surface area contributed by atoms with Gasteiger partial charge in [-0.05, 0) is 109 Å². The Bertz CT molecular complexity index is 2490. The van der Waals surface area contributed by atoms with Gasteiger partial charge in [0.2, 0.25) is 0 Å². The minimum absolute atomic E-state index is 1.03. The number of para-hydroxylation sites is 2. The van der Waals surface area contributed by atoms with Crippen molar-refractivity contribution < 1.29 is 0 Å². The Kier molecular flexibility index (Phi) is 6.02. The van der Waals surface area contributed by atoms with Crippen molar-refractivity contribution in [2.75, 3.05) is 4.90 Å². The molecule has 8 aromatic rings. The van der Waals surface area contributed by atoms with E-state index in [4.69, 9.17) is 0 Å². The van der Waals surface area contributed by atoms with Crippen molar-refractivity contribution in [3.05, 3.63) is 162 Å². The van der Waals surface area contributed by atoms with Crippen molar-refractivity contribution in [3.8, 4) is 11.1 Å². The largest absolute Gasteiger partial charge is 0.309 e. The molecule has 0 fully saturated rings. The first-order valence-electron chi connectivity index (χ1n) is 15.9. The maximum Gasteiger partial charge on any atom is 0.0615 e. The number of benzene rings is 8. The van der Waals surface area contributed by atoms with Gasteiger partial charge in [0, 0.05) is 22.0 Å². The molecule has 1 heteroatoms. The molecule has 0 aliphatic heterocycles. The normalized spacial score (nSPS) is 12.6. The minimum Gasteiger partial charge on any atom is -0.309 e. The van der Waals surface area contributed by atoms with E-state index in [1.54, 1.807) is 0 Å². The average Bonchev–Trinajstić information content (AvgIpc) is 3.11. The zero-order valence-electron chi connectivity index (χ0n) is 24.9. The van der Waals surface area contributed by atoms with Crippen molar-refractivity contribution in [1.82, 2.24) is 0 Å². The standard InChI is InChI=1S/C44H31N/c1-3-18-33(19-4-1)45(34-20-5-2-6-21-34)44-38-25-13-11-23-36(38)43(37-24-12-14-26-39(37)44)42-29-32-17-9-10-22-35(32)40-27-30-15-7-8-16-31(30)28-41(40)42/h1-11,13,15-29H,12,14H2. The molecule has 212 valence electrons. The first-order chi connectivity index (χ1) is 22.3. The van der Waals surface area contributed by atoms with E-state index in [1.807, 2.05) is 0 Å². The topological polar surface area (TPSA) is 3.24 Å². The molecule has 45 heavy (non-hydrogen) atoms. The van der Waals surface area contributed by atoms with E-state index in [0.717, 1.165) is 24.2 Å². The van der Waals surface area contributed by atoms with Crippen molar-refractivity contribution in [2.45, 2.75) is 12.8 Å². The summed E-state index contributed by atoms with van der Waals surface area (Å²) in [6.07, 6.45) is 7.01. The summed E-state index contributed by atoms with van der Waals surface area (Å²) in [6.45, 7) is 0. The van der Waals surface area contributed by atoms with E-state index in [9.17, 15) is 0 Å². The Morgan fingerprint density at radius 2 is 0.889 bits per heavy atom. The van der Waals surface area contributed by atoms with Gasteiger partial charge in [-0.3, -0.25) is 0 Å². The van der Waals surface area contributed by atoms with E-state index in [0.29, 0.717) is 0 Å². The monoisotopic (exact) mass is 573 g/mol. The molecule has 0 aromatic heterocycles. The van der Waals surface area contributed by atoms with Gasteiger partial charge in [-0.15, -0.1) is 0 Å². The van der Waals surface area contributed by atoms with Crippen LogP contribution in [0.2, 0.25) is 0 Å². The van der Waals surface area contributed by atoms with Crippen molar-refractivity contribution in [3.63, 3.8) is 0 Å². The zero-order valence-corrected chi connectivity index (χ0v) is 24.9. The highest BCUT2D eigenvalue weighted by Crippen LogP contribution is 2.42. The summed E-state index contributed by atoms with van der Waals surface area (Å²) in [5, 5.41) is 12.9. The molecule has 0 radical (unpaired) electrons. The van der Waals surface area contributed by atoms with Gasteiger partial charge in [0.25, 0.3) is 0 Å². The third kappa shape index (κ3) is 4.16. The number of hydrogen-bond acceptors (Lipinski definition) is 1. The first-order valence-corrected chi connectivity index (χ1v) is 15.9. The second kappa shape index (κ2) is 10.5. The molecule has 0 saturated heterocycles. The quantitative estimate of drug-likeness (QED) is 0.150. The third-order valence-corrected chi connectivity index (χ3v) is 9.38. The van der Waals surface area contributed by atoms with Crippen molar-refractivity contribution in [1.29, 1.82) is 0 Å². The molecule has 9 rings (SSSR count). The fourth-order valence-electron chi connectivity index (χ4n) is 7.42. The van der Waals surface area contributed by atoms with Crippen LogP contribution < -0.4 is 15.3 Å². The maximum absolute atomic E-state index is 2.48. The molecule has 0 heterocycles. The van der Waals surface area contributed by atoms with E-state index < -0.39 is 0 Å². The van der Waals surface area contributed by atoms with Crippen LogP contribution in [0, 0.1) is 0 Å². The van der Waals surface area contributed by atoms with Crippen LogP contribution in [-0.4, -0.2) is 0 Å². The molecule has 0 atom stereocenters. The summed E-state index contributed by atoms with van der Waals surface area (Å²) in [5.41, 5.74) is 6.18. The number of fused-ring (bicyclic) bond motifs is 6. The molecule has 8 aromatic carbocycles. The van der Waals surface area contributed by atoms with Gasteiger partial charge in [-0.1, -0.05) is 121 Å². The van der Waals surface area contributed by atoms with Crippen molar-refractivity contribution >= 4 is 72.3 Å². The molecule has 1 nitrogen and oxygen atoms in total. The summed E-state index contributed by atoms with van der Waals surface area (Å²) in [7, 11) is 0. The highest BCUT2D eigenvalue weighted by atomic mass is 15.1. The molecule has 1 aliphatic rings. The fourth-order valence-corrected chi connectivity index (χ4v) is 7.42. The lowest BCUT2D eigenvalue weighted by molar-refractivity contribution is 1.11. The minimum atomic E-state index is 1.03.